The molecule has 6 nitrogen and oxygen atoms in total. The summed E-state index contributed by atoms with van der Waals surface area (Å²) in [5, 5.41) is 3.43. The molecule has 0 aromatic carbocycles. The molecule has 0 aromatic rings. The molecular weight excluding hydrogens is 474 g/mol. The maximum absolute atomic E-state index is 5.71. The molecule has 1 fully saturated rings. The Balaban J connectivity index is 0. The number of aliphatic imine (C=N–C) groups is 1. The molecule has 2 atom stereocenters. The van der Waals surface area contributed by atoms with Gasteiger partial charge in [0.25, 0.3) is 0 Å². The fraction of sp³-hybridized carbons (Fsp3) is 0.656. The van der Waals surface area contributed by atoms with Crippen molar-refractivity contribution < 1.29 is 15.6 Å². The van der Waals surface area contributed by atoms with E-state index in [0.717, 1.165) is 51.4 Å². The van der Waals surface area contributed by atoms with Crippen molar-refractivity contribution in [2.24, 2.45) is 16.3 Å². The van der Waals surface area contributed by atoms with E-state index >= 15 is 0 Å². The van der Waals surface area contributed by atoms with Gasteiger partial charge < -0.3 is 19.1 Å². The van der Waals surface area contributed by atoms with Crippen LogP contribution in [0.15, 0.2) is 64.4 Å². The molecule has 6 heteroatoms. The van der Waals surface area contributed by atoms with Crippen molar-refractivity contribution in [1.29, 1.82) is 0 Å². The van der Waals surface area contributed by atoms with Crippen molar-refractivity contribution in [3.05, 3.63) is 59.4 Å². The van der Waals surface area contributed by atoms with Gasteiger partial charge in [-0.05, 0) is 88.9 Å². The Bertz CT molecular complexity index is 815. The van der Waals surface area contributed by atoms with E-state index in [0.29, 0.717) is 19.4 Å². The van der Waals surface area contributed by atoms with Crippen LogP contribution in [-0.2, 0) is 14.2 Å². The lowest BCUT2D eigenvalue weighted by Gasteiger charge is -2.35. The van der Waals surface area contributed by atoms with E-state index in [4.69, 9.17) is 14.2 Å². The van der Waals surface area contributed by atoms with Gasteiger partial charge in [-0.15, -0.1) is 0 Å². The SMILES string of the molecule is C.C.C=NC(=C)C.CCOCC1=C(C)C=CC(C)(C2=CC(CNCOCOCCN3CCCC3)CC=C2)C1.[HH]. The molecule has 2 aliphatic carbocycles. The third-order valence-electron chi connectivity index (χ3n) is 6.93. The molecule has 1 aliphatic heterocycles. The maximum Gasteiger partial charge on any atom is 0.148 e. The molecule has 3 rings (SSSR count). The number of ether oxygens (including phenoxy) is 3. The molecule has 220 valence electrons. The Morgan fingerprint density at radius 1 is 1.21 bits per heavy atom. The van der Waals surface area contributed by atoms with Crippen LogP contribution in [-0.4, -0.2) is 71.1 Å². The van der Waals surface area contributed by atoms with Gasteiger partial charge in [-0.25, -0.2) is 0 Å². The highest BCUT2D eigenvalue weighted by molar-refractivity contribution is 5.42. The second-order valence-corrected chi connectivity index (χ2v) is 10.1. The molecule has 1 saturated heterocycles. The first-order chi connectivity index (χ1) is 17.4. The zero-order valence-electron chi connectivity index (χ0n) is 23.2. The van der Waals surface area contributed by atoms with E-state index in [-0.39, 0.29) is 21.7 Å². The van der Waals surface area contributed by atoms with Crippen molar-refractivity contribution in [2.45, 2.75) is 68.2 Å². The maximum atomic E-state index is 5.71. The Morgan fingerprint density at radius 3 is 2.58 bits per heavy atom. The van der Waals surface area contributed by atoms with E-state index in [1.165, 1.54) is 42.7 Å². The summed E-state index contributed by atoms with van der Waals surface area (Å²) >= 11 is 0. The molecule has 1 heterocycles. The quantitative estimate of drug-likeness (QED) is 0.146. The van der Waals surface area contributed by atoms with Gasteiger partial charge in [-0.2, -0.15) is 0 Å². The number of hydrogen-bond donors (Lipinski definition) is 1. The number of nitrogens with one attached hydrogen (secondary N) is 1. The van der Waals surface area contributed by atoms with Gasteiger partial charge in [0.1, 0.15) is 6.79 Å². The summed E-state index contributed by atoms with van der Waals surface area (Å²) in [6.45, 7) is 22.6. The summed E-state index contributed by atoms with van der Waals surface area (Å²) < 4.78 is 16.9. The number of nitrogens with zero attached hydrogens (tertiary/aromatic N) is 2. The molecule has 2 unspecified atom stereocenters. The molecule has 3 aliphatic rings. The summed E-state index contributed by atoms with van der Waals surface area (Å²) in [5.41, 5.74) is 4.99. The summed E-state index contributed by atoms with van der Waals surface area (Å²) in [6, 6.07) is 0. The minimum absolute atomic E-state index is 0. The summed E-state index contributed by atoms with van der Waals surface area (Å²) in [5.74, 6) is 0.493. The van der Waals surface area contributed by atoms with Crippen molar-refractivity contribution in [1.82, 2.24) is 10.2 Å². The van der Waals surface area contributed by atoms with Crippen LogP contribution in [0.5, 0.6) is 0 Å². The zero-order valence-corrected chi connectivity index (χ0v) is 23.2. The monoisotopic (exact) mass is 533 g/mol. The molecule has 0 amide bonds. The number of rotatable bonds is 14. The highest BCUT2D eigenvalue weighted by Crippen LogP contribution is 2.42. The van der Waals surface area contributed by atoms with Crippen molar-refractivity contribution in [3.8, 4) is 0 Å². The largest absolute Gasteiger partial charge is 0.377 e. The van der Waals surface area contributed by atoms with Crippen LogP contribution in [0.25, 0.3) is 0 Å². The zero-order chi connectivity index (χ0) is 26.2. The minimum atomic E-state index is 0. The first-order valence-electron chi connectivity index (χ1n) is 13.4. The lowest BCUT2D eigenvalue weighted by Crippen LogP contribution is -2.28. The Labute approximate surface area is 236 Å². The second kappa shape index (κ2) is 20.1. The molecule has 0 saturated carbocycles. The first-order valence-corrected chi connectivity index (χ1v) is 13.4. The molecular formula is C32H59N3O3. The van der Waals surface area contributed by atoms with Crippen molar-refractivity contribution >= 4 is 6.72 Å². The Kier molecular flexibility index (Phi) is 19.2. The molecule has 0 radical (unpaired) electrons. The van der Waals surface area contributed by atoms with Gasteiger partial charge in [0.2, 0.25) is 0 Å². The van der Waals surface area contributed by atoms with Crippen LogP contribution < -0.4 is 5.32 Å². The fourth-order valence-corrected chi connectivity index (χ4v) is 4.60. The van der Waals surface area contributed by atoms with E-state index in [1.807, 2.05) is 0 Å². The number of likely N-dealkylation sites (tertiary alicyclic amines) is 1. The van der Waals surface area contributed by atoms with Crippen molar-refractivity contribution in [3.63, 3.8) is 0 Å². The number of hydrogen-bond acceptors (Lipinski definition) is 6. The van der Waals surface area contributed by atoms with Crippen LogP contribution in [0.3, 0.4) is 0 Å². The predicted octanol–water partition coefficient (Wildman–Crippen LogP) is 7.18. The molecule has 38 heavy (non-hydrogen) atoms. The normalized spacial score (nSPS) is 22.6. The smallest absolute Gasteiger partial charge is 0.148 e. The van der Waals surface area contributed by atoms with Gasteiger partial charge in [-0.3, -0.25) is 10.3 Å². The predicted molar refractivity (Wildman–Crippen MR) is 167 cm³/mol. The summed E-state index contributed by atoms with van der Waals surface area (Å²) in [4.78, 5) is 5.90. The van der Waals surface area contributed by atoms with Crippen LogP contribution in [0.1, 0.15) is 69.7 Å². The average Bonchev–Trinajstić information content (AvgIpc) is 3.40. The van der Waals surface area contributed by atoms with Crippen molar-refractivity contribution in [2.75, 3.05) is 59.5 Å². The van der Waals surface area contributed by atoms with Gasteiger partial charge in [0.05, 0.1) is 19.9 Å². The number of allylic oxidation sites excluding steroid dienone is 7. The van der Waals surface area contributed by atoms with Gasteiger partial charge in [0, 0.05) is 32.2 Å². The van der Waals surface area contributed by atoms with Gasteiger partial charge in [0.15, 0.2) is 0 Å². The van der Waals surface area contributed by atoms with E-state index in [1.54, 1.807) is 6.92 Å². The van der Waals surface area contributed by atoms with Crippen LogP contribution >= 0.6 is 0 Å². The third kappa shape index (κ3) is 13.3. The standard InChI is InChI=1S/C26H42N2O3.C4H7N.2CH4.H2/c1-4-29-19-24-17-26(3,11-10-22(24)2)25-9-7-8-23(16-25)18-27-20-31-21-30-15-14-28-12-5-6-13-28;1-4(2)5-3;;;/h7,9-11,16,23,27H,4-6,8,12-15,17-21H2,1-3H3;1,3H2,2H3;2*1H4;1H. The Hall–Kier alpha value is -1.83. The van der Waals surface area contributed by atoms with Crippen LogP contribution in [0, 0.1) is 11.3 Å². The van der Waals surface area contributed by atoms with E-state index in [9.17, 15) is 0 Å². The topological polar surface area (TPSA) is 55.3 Å². The molecule has 0 spiro atoms. The highest BCUT2D eigenvalue weighted by atomic mass is 16.7. The van der Waals surface area contributed by atoms with Crippen LogP contribution in [0.2, 0.25) is 0 Å². The van der Waals surface area contributed by atoms with Gasteiger partial charge >= 0.3 is 0 Å². The molecule has 0 aromatic heterocycles. The lowest BCUT2D eigenvalue weighted by molar-refractivity contribution is -0.0632. The molecule has 1 N–H and O–H groups in total. The lowest BCUT2D eigenvalue weighted by atomic mass is 9.70. The minimum Gasteiger partial charge on any atom is -0.377 e. The second-order valence-electron chi connectivity index (χ2n) is 10.1. The van der Waals surface area contributed by atoms with E-state index < -0.39 is 0 Å². The Morgan fingerprint density at radius 2 is 1.92 bits per heavy atom. The van der Waals surface area contributed by atoms with Crippen LogP contribution in [0.4, 0.5) is 0 Å². The summed E-state index contributed by atoms with van der Waals surface area (Å²) in [6.07, 6.45) is 16.5. The summed E-state index contributed by atoms with van der Waals surface area (Å²) in [7, 11) is 0. The van der Waals surface area contributed by atoms with E-state index in [2.05, 4.69) is 79.7 Å². The highest BCUT2D eigenvalue weighted by Gasteiger charge is 2.30. The average molecular weight is 534 g/mol. The first kappa shape index (κ1) is 36.2. The third-order valence-corrected chi connectivity index (χ3v) is 6.93. The van der Waals surface area contributed by atoms with Gasteiger partial charge in [-0.1, -0.05) is 58.7 Å². The molecule has 0 bridgehead atoms. The fourth-order valence-electron chi connectivity index (χ4n) is 4.60.